The molecule has 3 rings (SSSR count). The molecule has 1 aliphatic carbocycles. The lowest BCUT2D eigenvalue weighted by Gasteiger charge is -2.34. The van der Waals surface area contributed by atoms with Crippen LogP contribution in [-0.4, -0.2) is 37.8 Å². The van der Waals surface area contributed by atoms with Crippen molar-refractivity contribution < 1.29 is 24.1 Å². The molecule has 2 fully saturated rings. The van der Waals surface area contributed by atoms with Gasteiger partial charge in [0, 0.05) is 12.8 Å². The normalized spacial score (nSPS) is 32.3. The lowest BCUT2D eigenvalue weighted by atomic mass is 9.92. The molecule has 1 spiro atoms. The standard InChI is InChI=1S/C16H22O5/c1-18-13-6-5-11(8-14(13)19-2)15-10-20-16(21-15)7-3-4-12(17)9-16/h5-6,8,12,15,17H,3-4,7,9-10H2,1-2H3. The van der Waals surface area contributed by atoms with Gasteiger partial charge in [0.05, 0.1) is 26.9 Å². The largest absolute Gasteiger partial charge is 0.493 e. The lowest BCUT2D eigenvalue weighted by molar-refractivity contribution is -0.205. The van der Waals surface area contributed by atoms with Crippen LogP contribution < -0.4 is 9.47 Å². The fourth-order valence-electron chi connectivity index (χ4n) is 3.18. The highest BCUT2D eigenvalue weighted by Crippen LogP contribution is 2.43. The SMILES string of the molecule is COc1ccc(C2COC3(CCCC(O)C3)O2)cc1OC. The molecule has 3 unspecified atom stereocenters. The van der Waals surface area contributed by atoms with Crippen molar-refractivity contribution in [3.8, 4) is 11.5 Å². The fraction of sp³-hybridized carbons (Fsp3) is 0.625. The molecule has 0 aromatic heterocycles. The van der Waals surface area contributed by atoms with Gasteiger partial charge in [0.2, 0.25) is 0 Å². The molecule has 0 bridgehead atoms. The molecule has 5 heteroatoms. The van der Waals surface area contributed by atoms with Gasteiger partial charge >= 0.3 is 0 Å². The number of rotatable bonds is 3. The average Bonchev–Trinajstić information content (AvgIpc) is 2.89. The summed E-state index contributed by atoms with van der Waals surface area (Å²) in [6.45, 7) is 0.502. The predicted molar refractivity (Wildman–Crippen MR) is 76.5 cm³/mol. The Morgan fingerprint density at radius 3 is 2.76 bits per heavy atom. The van der Waals surface area contributed by atoms with E-state index in [4.69, 9.17) is 18.9 Å². The van der Waals surface area contributed by atoms with E-state index in [0.717, 1.165) is 24.8 Å². The van der Waals surface area contributed by atoms with E-state index in [0.29, 0.717) is 24.5 Å². The second-order valence-electron chi connectivity index (χ2n) is 5.69. The number of methoxy groups -OCH3 is 2. The van der Waals surface area contributed by atoms with Gasteiger partial charge in [-0.3, -0.25) is 0 Å². The Labute approximate surface area is 124 Å². The van der Waals surface area contributed by atoms with Gasteiger partial charge in [-0.15, -0.1) is 0 Å². The Morgan fingerprint density at radius 2 is 2.05 bits per heavy atom. The van der Waals surface area contributed by atoms with E-state index in [1.54, 1.807) is 14.2 Å². The number of aliphatic hydroxyl groups is 1. The van der Waals surface area contributed by atoms with Gasteiger partial charge in [-0.2, -0.15) is 0 Å². The third-order valence-electron chi connectivity index (χ3n) is 4.28. The van der Waals surface area contributed by atoms with Gasteiger partial charge in [-0.1, -0.05) is 6.07 Å². The zero-order valence-electron chi connectivity index (χ0n) is 12.5. The topological polar surface area (TPSA) is 57.2 Å². The number of hydrogen-bond donors (Lipinski definition) is 1. The Hall–Kier alpha value is -1.30. The summed E-state index contributed by atoms with van der Waals surface area (Å²) in [6.07, 6.45) is 2.69. The van der Waals surface area contributed by atoms with Crippen LogP contribution in [0.2, 0.25) is 0 Å². The first kappa shape index (κ1) is 14.6. The molecule has 3 atom stereocenters. The third kappa shape index (κ3) is 2.86. The van der Waals surface area contributed by atoms with Crippen molar-refractivity contribution in [2.75, 3.05) is 20.8 Å². The summed E-state index contributed by atoms with van der Waals surface area (Å²) in [7, 11) is 3.23. The average molecular weight is 294 g/mol. The summed E-state index contributed by atoms with van der Waals surface area (Å²) < 4.78 is 22.6. The summed E-state index contributed by atoms with van der Waals surface area (Å²) in [5.41, 5.74) is 1.00. The molecule has 0 radical (unpaired) electrons. The summed E-state index contributed by atoms with van der Waals surface area (Å²) in [5.74, 6) is 0.765. The Balaban J connectivity index is 1.77. The van der Waals surface area contributed by atoms with Crippen LogP contribution in [0.5, 0.6) is 11.5 Å². The molecule has 1 saturated carbocycles. The first-order valence-electron chi connectivity index (χ1n) is 7.37. The van der Waals surface area contributed by atoms with Crippen LogP contribution in [0.25, 0.3) is 0 Å². The molecule has 1 aliphatic heterocycles. The van der Waals surface area contributed by atoms with Crippen molar-refractivity contribution in [3.05, 3.63) is 23.8 Å². The van der Waals surface area contributed by atoms with Crippen LogP contribution in [0.4, 0.5) is 0 Å². The van der Waals surface area contributed by atoms with Crippen LogP contribution in [-0.2, 0) is 9.47 Å². The zero-order chi connectivity index (χ0) is 14.9. The minimum absolute atomic E-state index is 0.130. The van der Waals surface area contributed by atoms with Gasteiger partial charge in [0.15, 0.2) is 17.3 Å². The number of hydrogen-bond acceptors (Lipinski definition) is 5. The second kappa shape index (κ2) is 5.83. The first-order valence-corrected chi connectivity index (χ1v) is 7.37. The maximum Gasteiger partial charge on any atom is 0.171 e. The fourth-order valence-corrected chi connectivity index (χ4v) is 3.18. The molecule has 2 aliphatic rings. The van der Waals surface area contributed by atoms with Crippen LogP contribution in [0.15, 0.2) is 18.2 Å². The summed E-state index contributed by atoms with van der Waals surface area (Å²) >= 11 is 0. The highest BCUT2D eigenvalue weighted by atomic mass is 16.7. The summed E-state index contributed by atoms with van der Waals surface area (Å²) in [6, 6.07) is 5.76. The third-order valence-corrected chi connectivity index (χ3v) is 4.28. The molecule has 1 heterocycles. The van der Waals surface area contributed by atoms with E-state index in [1.807, 2.05) is 18.2 Å². The minimum Gasteiger partial charge on any atom is -0.493 e. The summed E-state index contributed by atoms with van der Waals surface area (Å²) in [4.78, 5) is 0. The van der Waals surface area contributed by atoms with Crippen LogP contribution in [0.3, 0.4) is 0 Å². The van der Waals surface area contributed by atoms with E-state index in [1.165, 1.54) is 0 Å². The van der Waals surface area contributed by atoms with Gasteiger partial charge in [0.1, 0.15) is 6.10 Å². The second-order valence-corrected chi connectivity index (χ2v) is 5.69. The van der Waals surface area contributed by atoms with Crippen LogP contribution in [0.1, 0.15) is 37.4 Å². The minimum atomic E-state index is -0.616. The molecule has 5 nitrogen and oxygen atoms in total. The molecule has 1 N–H and O–H groups in total. The van der Waals surface area contributed by atoms with Gasteiger partial charge in [-0.25, -0.2) is 0 Å². The number of benzene rings is 1. The maximum atomic E-state index is 9.85. The predicted octanol–water partition coefficient (Wildman–Crippen LogP) is 2.42. The lowest BCUT2D eigenvalue weighted by Crippen LogP contribution is -2.38. The van der Waals surface area contributed by atoms with Crippen molar-refractivity contribution >= 4 is 0 Å². The van der Waals surface area contributed by atoms with E-state index in [2.05, 4.69) is 0 Å². The molecular weight excluding hydrogens is 272 g/mol. The molecule has 21 heavy (non-hydrogen) atoms. The van der Waals surface area contributed by atoms with Crippen molar-refractivity contribution in [2.24, 2.45) is 0 Å². The van der Waals surface area contributed by atoms with Crippen molar-refractivity contribution in [1.29, 1.82) is 0 Å². The maximum absolute atomic E-state index is 9.85. The quantitative estimate of drug-likeness (QED) is 0.928. The van der Waals surface area contributed by atoms with Crippen molar-refractivity contribution in [2.45, 2.75) is 43.7 Å². The molecule has 1 aromatic carbocycles. The zero-order valence-corrected chi connectivity index (χ0v) is 12.5. The van der Waals surface area contributed by atoms with Crippen molar-refractivity contribution in [3.63, 3.8) is 0 Å². The molecular formula is C16H22O5. The molecule has 1 aromatic rings. The Kier molecular flexibility index (Phi) is 4.06. The van der Waals surface area contributed by atoms with E-state index in [-0.39, 0.29) is 12.2 Å². The Morgan fingerprint density at radius 1 is 1.24 bits per heavy atom. The molecule has 1 saturated heterocycles. The highest BCUT2D eigenvalue weighted by molar-refractivity contribution is 5.43. The molecule has 116 valence electrons. The van der Waals surface area contributed by atoms with Gasteiger partial charge in [-0.05, 0) is 30.5 Å². The van der Waals surface area contributed by atoms with E-state index >= 15 is 0 Å². The smallest absolute Gasteiger partial charge is 0.171 e. The highest BCUT2D eigenvalue weighted by Gasteiger charge is 2.45. The summed E-state index contributed by atoms with van der Waals surface area (Å²) in [5, 5.41) is 9.85. The van der Waals surface area contributed by atoms with E-state index < -0.39 is 5.79 Å². The molecule has 0 amide bonds. The van der Waals surface area contributed by atoms with Gasteiger partial charge in [0.25, 0.3) is 0 Å². The number of aliphatic hydroxyl groups excluding tert-OH is 1. The first-order chi connectivity index (χ1) is 10.2. The monoisotopic (exact) mass is 294 g/mol. The van der Waals surface area contributed by atoms with Gasteiger partial charge < -0.3 is 24.1 Å². The number of ether oxygens (including phenoxy) is 4. The van der Waals surface area contributed by atoms with Crippen LogP contribution in [0, 0.1) is 0 Å². The van der Waals surface area contributed by atoms with E-state index in [9.17, 15) is 5.11 Å². The van der Waals surface area contributed by atoms with Crippen molar-refractivity contribution in [1.82, 2.24) is 0 Å². The van der Waals surface area contributed by atoms with Crippen LogP contribution >= 0.6 is 0 Å². The Bertz CT molecular complexity index is 503.